The zero-order valence-corrected chi connectivity index (χ0v) is 28.3. The number of cyclic esters (lactones) is 1. The minimum Gasteiger partial charge on any atom is -0.455 e. The van der Waals surface area contributed by atoms with Gasteiger partial charge < -0.3 is 29.9 Å². The van der Waals surface area contributed by atoms with Crippen LogP contribution in [0.15, 0.2) is 11.6 Å². The standard InChI is InChI=1S/C37H68O7/c1-3-4-5-6-7-8-9-10-11-12-16-19-22-33(40)35-25-26-36(44-35)34(41)24-23-31(38)20-17-14-13-15-18-21-32(39)28-30-27-29(2)43-37(30)42/h27,29,31-36,38-41H,3-26,28H2,1-2H3/t29-,31-,32+,33-,34+,35-,36+/m0/s1. The third kappa shape index (κ3) is 17.6. The van der Waals surface area contributed by atoms with Crippen LogP contribution in [-0.2, 0) is 14.3 Å². The van der Waals surface area contributed by atoms with Crippen molar-refractivity contribution in [1.82, 2.24) is 0 Å². The number of aliphatic hydroxyl groups excluding tert-OH is 4. The predicted octanol–water partition coefficient (Wildman–Crippen LogP) is 7.84. The molecule has 0 saturated carbocycles. The van der Waals surface area contributed by atoms with Gasteiger partial charge in [0, 0.05) is 12.0 Å². The van der Waals surface area contributed by atoms with Crippen molar-refractivity contribution in [2.75, 3.05) is 0 Å². The lowest BCUT2D eigenvalue weighted by Crippen LogP contribution is -2.31. The number of ether oxygens (including phenoxy) is 2. The van der Waals surface area contributed by atoms with Gasteiger partial charge in [0.15, 0.2) is 0 Å². The van der Waals surface area contributed by atoms with Crippen LogP contribution in [0.3, 0.4) is 0 Å². The van der Waals surface area contributed by atoms with Crippen molar-refractivity contribution in [2.45, 2.75) is 217 Å². The Morgan fingerprint density at radius 2 is 1.09 bits per heavy atom. The first-order valence-electron chi connectivity index (χ1n) is 18.6. The number of unbranched alkanes of at least 4 members (excludes halogenated alkanes) is 15. The van der Waals surface area contributed by atoms with Crippen LogP contribution in [0.1, 0.15) is 174 Å². The highest BCUT2D eigenvalue weighted by atomic mass is 16.5. The number of hydrogen-bond donors (Lipinski definition) is 4. The summed E-state index contributed by atoms with van der Waals surface area (Å²) >= 11 is 0. The summed E-state index contributed by atoms with van der Waals surface area (Å²) in [5.41, 5.74) is 0.589. The van der Waals surface area contributed by atoms with E-state index in [4.69, 9.17) is 9.47 Å². The molecule has 0 aromatic carbocycles. The molecule has 2 aliphatic heterocycles. The van der Waals surface area contributed by atoms with E-state index in [-0.39, 0.29) is 24.3 Å². The molecular formula is C37H68O7. The molecular weight excluding hydrogens is 556 g/mol. The molecule has 7 nitrogen and oxygen atoms in total. The van der Waals surface area contributed by atoms with Gasteiger partial charge in [-0.25, -0.2) is 4.79 Å². The van der Waals surface area contributed by atoms with Crippen LogP contribution < -0.4 is 0 Å². The number of carbonyl (C=O) groups excluding carboxylic acids is 1. The molecule has 1 fully saturated rings. The van der Waals surface area contributed by atoms with Gasteiger partial charge in [-0.3, -0.25) is 0 Å². The third-order valence-electron chi connectivity index (χ3n) is 9.61. The van der Waals surface area contributed by atoms with Crippen LogP contribution in [0.5, 0.6) is 0 Å². The van der Waals surface area contributed by atoms with Crippen molar-refractivity contribution in [3.05, 3.63) is 11.6 Å². The molecule has 7 heteroatoms. The molecule has 4 N–H and O–H groups in total. The monoisotopic (exact) mass is 624 g/mol. The minimum atomic E-state index is -0.593. The lowest BCUT2D eigenvalue weighted by Gasteiger charge is -2.23. The molecule has 1 saturated heterocycles. The average molecular weight is 625 g/mol. The number of rotatable bonds is 28. The molecule has 0 bridgehead atoms. The number of hydrogen-bond acceptors (Lipinski definition) is 7. The summed E-state index contributed by atoms with van der Waals surface area (Å²) in [7, 11) is 0. The Morgan fingerprint density at radius 3 is 1.59 bits per heavy atom. The molecule has 7 atom stereocenters. The van der Waals surface area contributed by atoms with E-state index in [1.807, 2.05) is 6.92 Å². The van der Waals surface area contributed by atoms with Crippen LogP contribution in [-0.4, -0.2) is 69.1 Å². The highest BCUT2D eigenvalue weighted by Gasteiger charge is 2.34. The first-order chi connectivity index (χ1) is 21.3. The molecule has 2 aliphatic rings. The average Bonchev–Trinajstić information content (AvgIpc) is 3.62. The Balaban J connectivity index is 1.40. The molecule has 0 aromatic heterocycles. The highest BCUT2D eigenvalue weighted by molar-refractivity contribution is 5.90. The summed E-state index contributed by atoms with van der Waals surface area (Å²) in [4.78, 5) is 11.7. The lowest BCUT2D eigenvalue weighted by molar-refractivity contribution is -0.139. The predicted molar refractivity (Wildman–Crippen MR) is 177 cm³/mol. The van der Waals surface area contributed by atoms with E-state index in [0.29, 0.717) is 31.3 Å². The van der Waals surface area contributed by atoms with Crippen LogP contribution >= 0.6 is 0 Å². The van der Waals surface area contributed by atoms with E-state index in [1.165, 1.54) is 70.6 Å². The molecule has 2 rings (SSSR count). The van der Waals surface area contributed by atoms with Crippen molar-refractivity contribution in [2.24, 2.45) is 0 Å². The van der Waals surface area contributed by atoms with Crippen molar-refractivity contribution >= 4 is 5.97 Å². The zero-order valence-electron chi connectivity index (χ0n) is 28.3. The lowest BCUT2D eigenvalue weighted by atomic mass is 9.98. The summed E-state index contributed by atoms with van der Waals surface area (Å²) in [6, 6.07) is 0. The zero-order chi connectivity index (χ0) is 32.0. The molecule has 0 unspecified atom stereocenters. The molecule has 0 aliphatic carbocycles. The first-order valence-corrected chi connectivity index (χ1v) is 18.6. The van der Waals surface area contributed by atoms with E-state index in [0.717, 1.165) is 64.2 Å². The Kier molecular flexibility index (Phi) is 21.6. The van der Waals surface area contributed by atoms with Gasteiger partial charge >= 0.3 is 5.97 Å². The fourth-order valence-corrected chi connectivity index (χ4v) is 6.76. The Morgan fingerprint density at radius 1 is 0.636 bits per heavy atom. The second kappa shape index (κ2) is 24.2. The summed E-state index contributed by atoms with van der Waals surface area (Å²) in [5, 5.41) is 41.9. The van der Waals surface area contributed by atoms with Crippen LogP contribution in [0.4, 0.5) is 0 Å². The highest BCUT2D eigenvalue weighted by Crippen LogP contribution is 2.28. The molecule has 0 aromatic rings. The summed E-state index contributed by atoms with van der Waals surface area (Å²) < 4.78 is 11.1. The first kappa shape index (κ1) is 39.2. The summed E-state index contributed by atoms with van der Waals surface area (Å²) in [6.07, 6.45) is 25.1. The Bertz CT molecular complexity index is 756. The van der Waals surface area contributed by atoms with Crippen molar-refractivity contribution in [3.8, 4) is 0 Å². The van der Waals surface area contributed by atoms with Crippen molar-refractivity contribution in [3.63, 3.8) is 0 Å². The SMILES string of the molecule is CCCCCCCCCCCCCC[C@H](O)[C@@H]1CC[C@H]([C@H](O)CC[C@@H](O)CCCCCCC[C@@H](O)CC2=C[C@H](C)OC2=O)O1. The fraction of sp³-hybridized carbons (Fsp3) is 0.919. The van der Waals surface area contributed by atoms with Gasteiger partial charge in [-0.2, -0.15) is 0 Å². The van der Waals surface area contributed by atoms with E-state index >= 15 is 0 Å². The minimum absolute atomic E-state index is 0.173. The number of esters is 1. The molecule has 258 valence electrons. The van der Waals surface area contributed by atoms with Crippen molar-refractivity contribution in [1.29, 1.82) is 0 Å². The summed E-state index contributed by atoms with van der Waals surface area (Å²) in [5.74, 6) is -0.304. The van der Waals surface area contributed by atoms with Gasteiger partial charge in [-0.15, -0.1) is 0 Å². The van der Waals surface area contributed by atoms with Crippen LogP contribution in [0.25, 0.3) is 0 Å². The molecule has 2 heterocycles. The van der Waals surface area contributed by atoms with E-state index in [9.17, 15) is 25.2 Å². The second-order valence-electron chi connectivity index (χ2n) is 13.8. The Labute approximate surface area is 269 Å². The molecule has 0 radical (unpaired) electrons. The fourth-order valence-electron chi connectivity index (χ4n) is 6.76. The molecule has 44 heavy (non-hydrogen) atoms. The van der Waals surface area contributed by atoms with Gasteiger partial charge in [-0.1, -0.05) is 116 Å². The normalized spacial score (nSPS) is 23.0. The maximum Gasteiger partial charge on any atom is 0.334 e. The maximum atomic E-state index is 11.7. The van der Waals surface area contributed by atoms with Gasteiger partial charge in [0.2, 0.25) is 0 Å². The number of carbonyl (C=O) groups is 1. The molecule has 0 amide bonds. The van der Waals surface area contributed by atoms with Gasteiger partial charge in [0.25, 0.3) is 0 Å². The molecule has 0 spiro atoms. The van der Waals surface area contributed by atoms with Gasteiger partial charge in [0.05, 0.1) is 36.6 Å². The van der Waals surface area contributed by atoms with Crippen LogP contribution in [0, 0.1) is 0 Å². The quantitative estimate of drug-likeness (QED) is 0.0518. The topological polar surface area (TPSA) is 116 Å². The maximum absolute atomic E-state index is 11.7. The largest absolute Gasteiger partial charge is 0.455 e. The Hall–Kier alpha value is -0.990. The van der Waals surface area contributed by atoms with E-state index in [1.54, 1.807) is 6.08 Å². The van der Waals surface area contributed by atoms with Gasteiger partial charge in [-0.05, 0) is 57.9 Å². The second-order valence-corrected chi connectivity index (χ2v) is 13.8. The van der Waals surface area contributed by atoms with E-state index in [2.05, 4.69) is 6.92 Å². The van der Waals surface area contributed by atoms with Crippen molar-refractivity contribution < 1.29 is 34.7 Å². The summed E-state index contributed by atoms with van der Waals surface area (Å²) in [6.45, 7) is 4.09. The third-order valence-corrected chi connectivity index (χ3v) is 9.61. The smallest absolute Gasteiger partial charge is 0.334 e. The van der Waals surface area contributed by atoms with Gasteiger partial charge in [0.1, 0.15) is 6.10 Å². The van der Waals surface area contributed by atoms with Crippen LogP contribution in [0.2, 0.25) is 0 Å². The number of aliphatic hydroxyl groups is 4. The van der Waals surface area contributed by atoms with E-state index < -0.39 is 24.4 Å².